The van der Waals surface area contributed by atoms with Crippen molar-refractivity contribution in [2.24, 2.45) is 0 Å². The maximum atomic E-state index is 12.7. The van der Waals surface area contributed by atoms with Crippen LogP contribution in [-0.4, -0.2) is 34.8 Å². The number of hydrogen-bond donors (Lipinski definition) is 1. The van der Waals surface area contributed by atoms with Crippen LogP contribution in [0.2, 0.25) is 5.02 Å². The minimum Gasteiger partial charge on any atom is -0.352 e. The van der Waals surface area contributed by atoms with Crippen LogP contribution in [0.3, 0.4) is 0 Å². The summed E-state index contributed by atoms with van der Waals surface area (Å²) in [5.74, 6) is -0.367. The Balaban J connectivity index is 1.95. The number of hydrogen-bond acceptors (Lipinski definition) is 3. The minimum absolute atomic E-state index is 0.183. The van der Waals surface area contributed by atoms with E-state index in [0.29, 0.717) is 23.7 Å². The van der Waals surface area contributed by atoms with Crippen LogP contribution in [0.15, 0.2) is 48.8 Å². The number of benzene rings is 1. The quantitative estimate of drug-likeness (QED) is 0.922. The van der Waals surface area contributed by atoms with E-state index < -0.39 is 6.04 Å². The fraction of sp³-hybridized carbons (Fsp3) is 0.188. The lowest BCUT2D eigenvalue weighted by Crippen LogP contribution is -2.52. The van der Waals surface area contributed by atoms with Gasteiger partial charge in [-0.1, -0.05) is 23.7 Å². The van der Waals surface area contributed by atoms with E-state index in [1.54, 1.807) is 53.7 Å². The van der Waals surface area contributed by atoms with Crippen LogP contribution in [0.4, 0.5) is 0 Å². The molecule has 0 saturated carbocycles. The van der Waals surface area contributed by atoms with Gasteiger partial charge in [-0.15, -0.1) is 0 Å². The number of nitrogens with one attached hydrogen (secondary N) is 1. The zero-order chi connectivity index (χ0) is 15.5. The Morgan fingerprint density at radius 3 is 2.55 bits per heavy atom. The largest absolute Gasteiger partial charge is 0.352 e. The van der Waals surface area contributed by atoms with Gasteiger partial charge in [0.25, 0.3) is 5.91 Å². The van der Waals surface area contributed by atoms with Crippen LogP contribution in [0, 0.1) is 0 Å². The van der Waals surface area contributed by atoms with Gasteiger partial charge in [-0.3, -0.25) is 14.6 Å². The van der Waals surface area contributed by atoms with E-state index in [4.69, 9.17) is 11.6 Å². The number of pyridine rings is 1. The molecule has 0 spiro atoms. The van der Waals surface area contributed by atoms with Gasteiger partial charge in [0.2, 0.25) is 5.91 Å². The molecule has 112 valence electrons. The molecular formula is C16H14ClN3O2. The smallest absolute Gasteiger partial charge is 0.254 e. The van der Waals surface area contributed by atoms with Gasteiger partial charge >= 0.3 is 0 Å². The molecule has 1 saturated heterocycles. The maximum Gasteiger partial charge on any atom is 0.254 e. The van der Waals surface area contributed by atoms with Crippen molar-refractivity contribution in [3.05, 3.63) is 64.9 Å². The van der Waals surface area contributed by atoms with Crippen molar-refractivity contribution in [1.29, 1.82) is 0 Å². The summed E-state index contributed by atoms with van der Waals surface area (Å²) in [5, 5.41) is 3.39. The zero-order valence-corrected chi connectivity index (χ0v) is 12.5. The minimum atomic E-state index is -0.647. The fourth-order valence-corrected chi connectivity index (χ4v) is 2.65. The summed E-state index contributed by atoms with van der Waals surface area (Å²) in [6.45, 7) is 0.903. The highest BCUT2D eigenvalue weighted by atomic mass is 35.5. The summed E-state index contributed by atoms with van der Waals surface area (Å²) in [5.41, 5.74) is 1.26. The molecule has 1 unspecified atom stereocenters. The number of carbonyl (C=O) groups is 2. The van der Waals surface area contributed by atoms with Gasteiger partial charge in [0.05, 0.1) is 0 Å². The highest BCUT2D eigenvalue weighted by Crippen LogP contribution is 2.26. The van der Waals surface area contributed by atoms with Gasteiger partial charge in [-0.2, -0.15) is 0 Å². The molecule has 2 amide bonds. The average Bonchev–Trinajstić information content (AvgIpc) is 2.56. The number of nitrogens with zero attached hydrogens (tertiary/aromatic N) is 2. The molecular weight excluding hydrogens is 302 g/mol. The van der Waals surface area contributed by atoms with E-state index in [2.05, 4.69) is 10.3 Å². The molecule has 3 rings (SSSR count). The molecule has 1 aromatic carbocycles. The van der Waals surface area contributed by atoms with E-state index in [9.17, 15) is 9.59 Å². The van der Waals surface area contributed by atoms with E-state index in [1.807, 2.05) is 0 Å². The Bertz CT molecular complexity index is 688. The predicted molar refractivity (Wildman–Crippen MR) is 82.5 cm³/mol. The standard InChI is InChI=1S/C16H14ClN3O2/c17-13-3-1-11(2-4-13)14-15(21)19-9-10-20(14)16(22)12-5-7-18-8-6-12/h1-8,14H,9-10H2,(H,19,21). The summed E-state index contributed by atoms with van der Waals surface area (Å²) in [6.07, 6.45) is 3.13. The first-order chi connectivity index (χ1) is 10.7. The van der Waals surface area contributed by atoms with E-state index in [-0.39, 0.29) is 11.8 Å². The van der Waals surface area contributed by atoms with Gasteiger partial charge in [-0.25, -0.2) is 0 Å². The van der Waals surface area contributed by atoms with E-state index in [0.717, 1.165) is 5.56 Å². The van der Waals surface area contributed by atoms with Crippen molar-refractivity contribution in [1.82, 2.24) is 15.2 Å². The summed E-state index contributed by atoms with van der Waals surface area (Å²) in [6, 6.07) is 9.62. The van der Waals surface area contributed by atoms with Gasteiger partial charge in [0.1, 0.15) is 6.04 Å². The average molecular weight is 316 g/mol. The van der Waals surface area contributed by atoms with Crippen molar-refractivity contribution >= 4 is 23.4 Å². The molecule has 0 radical (unpaired) electrons. The van der Waals surface area contributed by atoms with Crippen molar-refractivity contribution in [3.8, 4) is 0 Å². The maximum absolute atomic E-state index is 12.7. The lowest BCUT2D eigenvalue weighted by Gasteiger charge is -2.35. The summed E-state index contributed by atoms with van der Waals surface area (Å²) in [7, 11) is 0. The number of carbonyl (C=O) groups excluding carboxylic acids is 2. The second-order valence-electron chi connectivity index (χ2n) is 4.98. The Morgan fingerprint density at radius 1 is 1.18 bits per heavy atom. The van der Waals surface area contributed by atoms with Crippen LogP contribution in [0.5, 0.6) is 0 Å². The number of rotatable bonds is 2. The summed E-state index contributed by atoms with van der Waals surface area (Å²) in [4.78, 5) is 30.5. The van der Waals surface area contributed by atoms with Crippen LogP contribution in [0.1, 0.15) is 22.0 Å². The first-order valence-corrected chi connectivity index (χ1v) is 7.29. The molecule has 2 aromatic rings. The molecule has 1 aromatic heterocycles. The first-order valence-electron chi connectivity index (χ1n) is 6.91. The normalized spacial score (nSPS) is 18.0. The lowest BCUT2D eigenvalue weighted by atomic mass is 10.0. The van der Waals surface area contributed by atoms with Crippen LogP contribution in [-0.2, 0) is 4.79 Å². The Labute approximate surface area is 132 Å². The molecule has 1 N–H and O–H groups in total. The molecule has 0 bridgehead atoms. The Hall–Kier alpha value is -2.40. The van der Waals surface area contributed by atoms with Crippen molar-refractivity contribution in [3.63, 3.8) is 0 Å². The van der Waals surface area contributed by atoms with E-state index in [1.165, 1.54) is 0 Å². The zero-order valence-electron chi connectivity index (χ0n) is 11.7. The molecule has 0 aliphatic carbocycles. The number of piperazine rings is 1. The Kier molecular flexibility index (Phi) is 4.06. The highest BCUT2D eigenvalue weighted by Gasteiger charge is 2.34. The number of aromatic nitrogens is 1. The Morgan fingerprint density at radius 2 is 1.86 bits per heavy atom. The van der Waals surface area contributed by atoms with Crippen LogP contribution >= 0.6 is 11.6 Å². The third kappa shape index (κ3) is 2.80. The number of amides is 2. The topological polar surface area (TPSA) is 62.3 Å². The first kappa shape index (κ1) is 14.5. The summed E-state index contributed by atoms with van der Waals surface area (Å²) >= 11 is 5.89. The monoisotopic (exact) mass is 315 g/mol. The van der Waals surface area contributed by atoms with Gasteiger partial charge in [0, 0.05) is 36.1 Å². The SMILES string of the molecule is O=C1NCCN(C(=O)c2ccncc2)C1c1ccc(Cl)cc1. The number of halogens is 1. The molecule has 1 aliphatic rings. The van der Waals surface area contributed by atoms with Gasteiger partial charge < -0.3 is 10.2 Å². The molecule has 5 nitrogen and oxygen atoms in total. The van der Waals surface area contributed by atoms with E-state index >= 15 is 0 Å². The molecule has 1 fully saturated rings. The highest BCUT2D eigenvalue weighted by molar-refractivity contribution is 6.30. The molecule has 2 heterocycles. The second kappa shape index (κ2) is 6.15. The molecule has 6 heteroatoms. The van der Waals surface area contributed by atoms with Gasteiger partial charge in [-0.05, 0) is 29.8 Å². The molecule has 1 aliphatic heterocycles. The van der Waals surface area contributed by atoms with Crippen molar-refractivity contribution in [2.45, 2.75) is 6.04 Å². The third-order valence-electron chi connectivity index (χ3n) is 3.59. The lowest BCUT2D eigenvalue weighted by molar-refractivity contribution is -0.128. The van der Waals surface area contributed by atoms with Crippen LogP contribution in [0.25, 0.3) is 0 Å². The van der Waals surface area contributed by atoms with Crippen molar-refractivity contribution in [2.75, 3.05) is 13.1 Å². The molecule has 1 atom stereocenters. The van der Waals surface area contributed by atoms with Crippen LogP contribution < -0.4 is 5.32 Å². The third-order valence-corrected chi connectivity index (χ3v) is 3.84. The van der Waals surface area contributed by atoms with Crippen molar-refractivity contribution < 1.29 is 9.59 Å². The predicted octanol–water partition coefficient (Wildman–Crippen LogP) is 2.05. The summed E-state index contributed by atoms with van der Waals surface area (Å²) < 4.78 is 0. The van der Waals surface area contributed by atoms with Gasteiger partial charge in [0.15, 0.2) is 0 Å². The molecule has 22 heavy (non-hydrogen) atoms. The second-order valence-corrected chi connectivity index (χ2v) is 5.42. The fourth-order valence-electron chi connectivity index (χ4n) is 2.52.